The van der Waals surface area contributed by atoms with Crippen molar-refractivity contribution >= 4 is 28.9 Å². The van der Waals surface area contributed by atoms with Gasteiger partial charge in [0.1, 0.15) is 0 Å². The Balaban J connectivity index is 3.23. The van der Waals surface area contributed by atoms with Crippen LogP contribution in [0.3, 0.4) is 0 Å². The first-order chi connectivity index (χ1) is 5.52. The molecule has 1 rings (SSSR count). The summed E-state index contributed by atoms with van der Waals surface area (Å²) < 4.78 is 0. The van der Waals surface area contributed by atoms with E-state index >= 15 is 0 Å². The highest BCUT2D eigenvalue weighted by atomic mass is 35.5. The molecular weight excluding hydrogens is 195 g/mol. The molecule has 0 amide bonds. The molecule has 0 heterocycles. The van der Waals surface area contributed by atoms with Crippen LogP contribution in [0.25, 0.3) is 0 Å². The van der Waals surface area contributed by atoms with Crippen molar-refractivity contribution in [3.8, 4) is 0 Å². The van der Waals surface area contributed by atoms with Gasteiger partial charge in [0.25, 0.3) is 0 Å². The van der Waals surface area contributed by atoms with Gasteiger partial charge in [-0.2, -0.15) is 0 Å². The van der Waals surface area contributed by atoms with E-state index in [1.54, 1.807) is 12.1 Å². The molecule has 0 saturated carbocycles. The summed E-state index contributed by atoms with van der Waals surface area (Å²) in [6.07, 6.45) is 0. The Kier molecular flexibility index (Phi) is 2.83. The second-order valence-electron chi connectivity index (χ2n) is 2.68. The van der Waals surface area contributed by atoms with E-state index in [-0.39, 0.29) is 6.04 Å². The van der Waals surface area contributed by atoms with Crippen molar-refractivity contribution in [3.63, 3.8) is 0 Å². The Morgan fingerprint density at radius 1 is 1.25 bits per heavy atom. The van der Waals surface area contributed by atoms with Gasteiger partial charge in [0.2, 0.25) is 0 Å². The molecule has 1 unspecified atom stereocenters. The van der Waals surface area contributed by atoms with Gasteiger partial charge in [0.15, 0.2) is 0 Å². The summed E-state index contributed by atoms with van der Waals surface area (Å²) >= 11 is 11.5. The van der Waals surface area contributed by atoms with Crippen LogP contribution in [0.15, 0.2) is 12.1 Å². The predicted molar refractivity (Wildman–Crippen MR) is 53.5 cm³/mol. The van der Waals surface area contributed by atoms with Gasteiger partial charge in [-0.05, 0) is 24.6 Å². The zero-order valence-corrected chi connectivity index (χ0v) is 8.15. The number of nitrogen functional groups attached to an aromatic ring is 1. The van der Waals surface area contributed by atoms with Crippen molar-refractivity contribution in [2.75, 3.05) is 5.73 Å². The highest BCUT2D eigenvalue weighted by Gasteiger charge is 2.07. The Hall–Kier alpha value is -0.440. The fourth-order valence-electron chi connectivity index (χ4n) is 0.972. The minimum atomic E-state index is -0.125. The molecular formula is C8H10Cl2N2. The highest BCUT2D eigenvalue weighted by Crippen LogP contribution is 2.29. The zero-order valence-electron chi connectivity index (χ0n) is 6.64. The number of hydrogen-bond acceptors (Lipinski definition) is 2. The lowest BCUT2D eigenvalue weighted by Crippen LogP contribution is -2.08. The second-order valence-corrected chi connectivity index (χ2v) is 3.50. The largest absolute Gasteiger partial charge is 0.398 e. The minimum Gasteiger partial charge on any atom is -0.398 e. The first kappa shape index (κ1) is 9.65. The third-order valence-electron chi connectivity index (χ3n) is 1.62. The molecule has 0 aromatic heterocycles. The van der Waals surface area contributed by atoms with Crippen LogP contribution in [0.4, 0.5) is 5.69 Å². The van der Waals surface area contributed by atoms with E-state index in [9.17, 15) is 0 Å². The normalized spacial score (nSPS) is 13.0. The molecule has 0 fully saturated rings. The Bertz CT molecular complexity index is 297. The van der Waals surface area contributed by atoms with Crippen molar-refractivity contribution in [3.05, 3.63) is 27.7 Å². The highest BCUT2D eigenvalue weighted by molar-refractivity contribution is 6.42. The molecule has 1 aromatic rings. The Morgan fingerprint density at radius 2 is 1.75 bits per heavy atom. The van der Waals surface area contributed by atoms with E-state index in [4.69, 9.17) is 34.7 Å². The second kappa shape index (κ2) is 3.52. The van der Waals surface area contributed by atoms with Crippen molar-refractivity contribution < 1.29 is 0 Å². The van der Waals surface area contributed by atoms with Crippen LogP contribution in [-0.2, 0) is 0 Å². The third-order valence-corrected chi connectivity index (χ3v) is 2.34. The predicted octanol–water partition coefficient (Wildman–Crippen LogP) is 2.60. The van der Waals surface area contributed by atoms with E-state index in [0.29, 0.717) is 15.7 Å². The van der Waals surface area contributed by atoms with Crippen molar-refractivity contribution in [1.82, 2.24) is 0 Å². The summed E-state index contributed by atoms with van der Waals surface area (Å²) in [4.78, 5) is 0. The molecule has 0 aliphatic heterocycles. The Labute approximate surface area is 81.4 Å². The zero-order chi connectivity index (χ0) is 9.30. The van der Waals surface area contributed by atoms with E-state index in [0.717, 1.165) is 5.56 Å². The standard InChI is InChI=1S/C8H10Cl2N2/c1-4(11)5-2-6(9)7(10)3-8(5)12/h2-4H,11-12H2,1H3. The van der Waals surface area contributed by atoms with Gasteiger partial charge in [0, 0.05) is 11.7 Å². The molecule has 0 aliphatic rings. The summed E-state index contributed by atoms with van der Waals surface area (Å²) in [5.74, 6) is 0. The Morgan fingerprint density at radius 3 is 2.25 bits per heavy atom. The summed E-state index contributed by atoms with van der Waals surface area (Å²) in [5, 5.41) is 0.941. The van der Waals surface area contributed by atoms with Gasteiger partial charge in [-0.1, -0.05) is 23.2 Å². The number of anilines is 1. The van der Waals surface area contributed by atoms with Crippen LogP contribution in [0.1, 0.15) is 18.5 Å². The molecule has 4 heteroatoms. The number of benzene rings is 1. The lowest BCUT2D eigenvalue weighted by Gasteiger charge is -2.10. The van der Waals surface area contributed by atoms with Gasteiger partial charge in [-0.15, -0.1) is 0 Å². The van der Waals surface area contributed by atoms with E-state index in [1.807, 2.05) is 6.92 Å². The molecule has 4 N–H and O–H groups in total. The smallest absolute Gasteiger partial charge is 0.0612 e. The van der Waals surface area contributed by atoms with Gasteiger partial charge in [0.05, 0.1) is 10.0 Å². The lowest BCUT2D eigenvalue weighted by atomic mass is 10.1. The maximum absolute atomic E-state index is 5.79. The third kappa shape index (κ3) is 1.83. The molecule has 2 nitrogen and oxygen atoms in total. The van der Waals surface area contributed by atoms with Gasteiger partial charge in [-0.25, -0.2) is 0 Å². The van der Waals surface area contributed by atoms with Gasteiger partial charge in [-0.3, -0.25) is 0 Å². The number of halogens is 2. The molecule has 1 atom stereocenters. The molecule has 1 aromatic carbocycles. The van der Waals surface area contributed by atoms with Crippen molar-refractivity contribution in [2.45, 2.75) is 13.0 Å². The van der Waals surface area contributed by atoms with E-state index < -0.39 is 0 Å². The quantitative estimate of drug-likeness (QED) is 0.692. The molecule has 0 aliphatic carbocycles. The lowest BCUT2D eigenvalue weighted by molar-refractivity contribution is 0.821. The molecule has 0 bridgehead atoms. The van der Waals surface area contributed by atoms with Crippen LogP contribution in [0.5, 0.6) is 0 Å². The topological polar surface area (TPSA) is 52.0 Å². The maximum Gasteiger partial charge on any atom is 0.0612 e. The monoisotopic (exact) mass is 204 g/mol. The SMILES string of the molecule is CC(N)c1cc(Cl)c(Cl)cc1N. The average Bonchev–Trinajstić information content (AvgIpc) is 1.96. The number of hydrogen-bond donors (Lipinski definition) is 2. The average molecular weight is 205 g/mol. The van der Waals surface area contributed by atoms with Crippen LogP contribution < -0.4 is 11.5 Å². The van der Waals surface area contributed by atoms with Crippen molar-refractivity contribution in [2.24, 2.45) is 5.73 Å². The molecule has 0 radical (unpaired) electrons. The van der Waals surface area contributed by atoms with Crippen LogP contribution in [0, 0.1) is 0 Å². The van der Waals surface area contributed by atoms with E-state index in [1.165, 1.54) is 0 Å². The molecule has 12 heavy (non-hydrogen) atoms. The van der Waals surface area contributed by atoms with Crippen LogP contribution in [-0.4, -0.2) is 0 Å². The van der Waals surface area contributed by atoms with Crippen LogP contribution >= 0.6 is 23.2 Å². The summed E-state index contributed by atoms with van der Waals surface area (Å²) in [6.45, 7) is 1.84. The maximum atomic E-state index is 5.79. The fraction of sp³-hybridized carbons (Fsp3) is 0.250. The van der Waals surface area contributed by atoms with Crippen LogP contribution in [0.2, 0.25) is 10.0 Å². The number of rotatable bonds is 1. The fourth-order valence-corrected chi connectivity index (χ4v) is 1.32. The molecule has 0 saturated heterocycles. The minimum absolute atomic E-state index is 0.125. The first-order valence-corrected chi connectivity index (χ1v) is 4.28. The summed E-state index contributed by atoms with van der Waals surface area (Å²) in [5.41, 5.74) is 12.7. The first-order valence-electron chi connectivity index (χ1n) is 3.52. The summed E-state index contributed by atoms with van der Waals surface area (Å²) in [6, 6.07) is 3.19. The molecule has 0 spiro atoms. The summed E-state index contributed by atoms with van der Waals surface area (Å²) in [7, 11) is 0. The van der Waals surface area contributed by atoms with E-state index in [2.05, 4.69) is 0 Å². The van der Waals surface area contributed by atoms with Crippen molar-refractivity contribution in [1.29, 1.82) is 0 Å². The number of nitrogens with two attached hydrogens (primary N) is 2. The van der Waals surface area contributed by atoms with Gasteiger partial charge < -0.3 is 11.5 Å². The molecule has 66 valence electrons. The van der Waals surface area contributed by atoms with Gasteiger partial charge >= 0.3 is 0 Å².